The van der Waals surface area contributed by atoms with Crippen molar-refractivity contribution < 1.29 is 9.59 Å². The number of anilines is 1. The van der Waals surface area contributed by atoms with E-state index in [1.165, 1.54) is 0 Å². The molecule has 0 spiro atoms. The Balaban J connectivity index is 1.46. The predicted octanol–water partition coefficient (Wildman–Crippen LogP) is 3.52. The van der Waals surface area contributed by atoms with Crippen LogP contribution in [0.2, 0.25) is 5.02 Å². The number of nitrogens with zero attached hydrogens (tertiary/aromatic N) is 2. The van der Waals surface area contributed by atoms with Gasteiger partial charge >= 0.3 is 0 Å². The van der Waals surface area contributed by atoms with Crippen molar-refractivity contribution in [2.24, 2.45) is 0 Å². The van der Waals surface area contributed by atoms with Crippen LogP contribution in [0.3, 0.4) is 0 Å². The Labute approximate surface area is 164 Å². The van der Waals surface area contributed by atoms with Crippen LogP contribution in [0.25, 0.3) is 0 Å². The van der Waals surface area contributed by atoms with E-state index in [4.69, 9.17) is 11.6 Å². The van der Waals surface area contributed by atoms with Gasteiger partial charge in [-0.25, -0.2) is 0 Å². The van der Waals surface area contributed by atoms with Crippen molar-refractivity contribution in [3.63, 3.8) is 0 Å². The van der Waals surface area contributed by atoms with Gasteiger partial charge < -0.3 is 15.1 Å². The summed E-state index contributed by atoms with van der Waals surface area (Å²) < 4.78 is 0. The molecule has 1 fully saturated rings. The largest absolute Gasteiger partial charge is 0.337 e. The Hall–Kier alpha value is -2.37. The van der Waals surface area contributed by atoms with Gasteiger partial charge in [0.25, 0.3) is 5.91 Å². The van der Waals surface area contributed by atoms with Gasteiger partial charge in [-0.15, -0.1) is 0 Å². The van der Waals surface area contributed by atoms with Gasteiger partial charge in [0.1, 0.15) is 0 Å². The lowest BCUT2D eigenvalue weighted by Gasteiger charge is -2.22. The van der Waals surface area contributed by atoms with Crippen LogP contribution in [0.1, 0.15) is 23.2 Å². The Bertz CT molecular complexity index is 782. The van der Waals surface area contributed by atoms with Crippen molar-refractivity contribution in [2.45, 2.75) is 12.8 Å². The number of amides is 2. The molecule has 5 nitrogen and oxygen atoms in total. The Morgan fingerprint density at radius 3 is 2.44 bits per heavy atom. The summed E-state index contributed by atoms with van der Waals surface area (Å²) in [6.07, 6.45) is 1.31. The molecule has 0 aliphatic carbocycles. The first-order valence-corrected chi connectivity index (χ1v) is 9.62. The van der Waals surface area contributed by atoms with Crippen molar-refractivity contribution in [3.8, 4) is 0 Å². The molecule has 1 heterocycles. The van der Waals surface area contributed by atoms with Crippen molar-refractivity contribution in [1.29, 1.82) is 0 Å². The zero-order valence-corrected chi connectivity index (χ0v) is 16.0. The van der Waals surface area contributed by atoms with Gasteiger partial charge in [-0.2, -0.15) is 0 Å². The van der Waals surface area contributed by atoms with E-state index in [9.17, 15) is 9.59 Å². The van der Waals surface area contributed by atoms with Crippen LogP contribution in [0.15, 0.2) is 54.6 Å². The number of nitrogens with one attached hydrogen (secondary N) is 1. The maximum absolute atomic E-state index is 12.6. The van der Waals surface area contributed by atoms with Crippen LogP contribution in [-0.4, -0.2) is 54.3 Å². The third kappa shape index (κ3) is 5.55. The van der Waals surface area contributed by atoms with Gasteiger partial charge in [-0.1, -0.05) is 41.9 Å². The maximum atomic E-state index is 12.6. The van der Waals surface area contributed by atoms with Crippen molar-refractivity contribution in [1.82, 2.24) is 9.80 Å². The fourth-order valence-electron chi connectivity index (χ4n) is 3.20. The highest BCUT2D eigenvalue weighted by Crippen LogP contribution is 2.20. The Morgan fingerprint density at radius 1 is 0.926 bits per heavy atom. The molecule has 0 radical (unpaired) electrons. The highest BCUT2D eigenvalue weighted by atomic mass is 35.5. The second-order valence-corrected chi connectivity index (χ2v) is 7.04. The molecule has 1 aliphatic rings. The van der Waals surface area contributed by atoms with Crippen LogP contribution in [0, 0.1) is 0 Å². The molecule has 2 aromatic rings. The molecule has 2 aromatic carbocycles. The first-order chi connectivity index (χ1) is 13.1. The lowest BCUT2D eigenvalue weighted by molar-refractivity contribution is -0.116. The Kier molecular flexibility index (Phi) is 6.85. The number of benzene rings is 2. The number of hydrogen-bond donors (Lipinski definition) is 1. The minimum atomic E-state index is -0.0513. The number of carbonyl (C=O) groups excluding carboxylic acids is 2. The number of carbonyl (C=O) groups is 2. The van der Waals surface area contributed by atoms with E-state index in [0.29, 0.717) is 30.2 Å². The minimum absolute atomic E-state index is 0.0513. The minimum Gasteiger partial charge on any atom is -0.337 e. The summed E-state index contributed by atoms with van der Waals surface area (Å²) >= 11 is 6.07. The first kappa shape index (κ1) is 19.4. The number of halogens is 1. The number of para-hydroxylation sites is 1. The van der Waals surface area contributed by atoms with Gasteiger partial charge in [0.05, 0.1) is 10.7 Å². The zero-order valence-electron chi connectivity index (χ0n) is 15.2. The third-order valence-corrected chi connectivity index (χ3v) is 5.03. The highest BCUT2D eigenvalue weighted by molar-refractivity contribution is 6.33. The van der Waals surface area contributed by atoms with Crippen LogP contribution >= 0.6 is 11.6 Å². The lowest BCUT2D eigenvalue weighted by atomic mass is 10.2. The molecule has 6 heteroatoms. The molecule has 0 saturated carbocycles. The summed E-state index contributed by atoms with van der Waals surface area (Å²) in [4.78, 5) is 28.9. The highest BCUT2D eigenvalue weighted by Gasteiger charge is 2.20. The van der Waals surface area contributed by atoms with Gasteiger partial charge in [-0.05, 0) is 37.2 Å². The number of hydrogen-bond acceptors (Lipinski definition) is 3. The standard InChI is InChI=1S/C21H24ClN3O2/c22-18-9-4-5-10-19(18)23-20(26)11-14-24-12-6-13-25(16-15-24)21(27)17-7-2-1-3-8-17/h1-5,7-10H,6,11-16H2,(H,23,26). The normalized spacial score (nSPS) is 15.2. The summed E-state index contributed by atoms with van der Waals surface area (Å²) in [7, 11) is 0. The van der Waals surface area contributed by atoms with Gasteiger partial charge in [0.15, 0.2) is 0 Å². The summed E-state index contributed by atoms with van der Waals surface area (Å²) in [6, 6.07) is 16.6. The van der Waals surface area contributed by atoms with Crippen molar-refractivity contribution in [3.05, 3.63) is 65.2 Å². The topological polar surface area (TPSA) is 52.7 Å². The van der Waals surface area contributed by atoms with E-state index >= 15 is 0 Å². The van der Waals surface area contributed by atoms with E-state index in [1.54, 1.807) is 12.1 Å². The van der Waals surface area contributed by atoms with Crippen LogP contribution < -0.4 is 5.32 Å². The fourth-order valence-corrected chi connectivity index (χ4v) is 3.38. The quantitative estimate of drug-likeness (QED) is 0.856. The summed E-state index contributed by atoms with van der Waals surface area (Å²) in [5.74, 6) is 0.0264. The average molecular weight is 386 g/mol. The lowest BCUT2D eigenvalue weighted by Crippen LogP contribution is -2.36. The van der Waals surface area contributed by atoms with E-state index in [2.05, 4.69) is 10.2 Å². The second kappa shape index (κ2) is 9.53. The molecule has 27 heavy (non-hydrogen) atoms. The van der Waals surface area contributed by atoms with Crippen LogP contribution in [-0.2, 0) is 4.79 Å². The second-order valence-electron chi connectivity index (χ2n) is 6.63. The summed E-state index contributed by atoms with van der Waals surface area (Å²) in [6.45, 7) is 3.76. The Morgan fingerprint density at radius 2 is 1.67 bits per heavy atom. The third-order valence-electron chi connectivity index (χ3n) is 4.70. The van der Waals surface area contributed by atoms with E-state index in [1.807, 2.05) is 47.4 Å². The van der Waals surface area contributed by atoms with Crippen molar-refractivity contribution >= 4 is 29.1 Å². The maximum Gasteiger partial charge on any atom is 0.253 e. The molecule has 1 saturated heterocycles. The average Bonchev–Trinajstić information content (AvgIpc) is 2.94. The molecule has 3 rings (SSSR count). The van der Waals surface area contributed by atoms with E-state index in [-0.39, 0.29) is 11.8 Å². The molecule has 142 valence electrons. The summed E-state index contributed by atoms with van der Waals surface area (Å²) in [5.41, 5.74) is 1.37. The fraction of sp³-hybridized carbons (Fsp3) is 0.333. The molecule has 2 amide bonds. The van der Waals surface area contributed by atoms with Crippen molar-refractivity contribution in [2.75, 3.05) is 38.0 Å². The molecular weight excluding hydrogens is 362 g/mol. The molecule has 0 unspecified atom stereocenters. The smallest absolute Gasteiger partial charge is 0.253 e. The van der Waals surface area contributed by atoms with Crippen LogP contribution in [0.5, 0.6) is 0 Å². The molecule has 1 N–H and O–H groups in total. The van der Waals surface area contributed by atoms with Gasteiger partial charge in [0, 0.05) is 38.2 Å². The molecule has 0 atom stereocenters. The first-order valence-electron chi connectivity index (χ1n) is 9.24. The molecule has 0 aromatic heterocycles. The number of rotatable bonds is 5. The van der Waals surface area contributed by atoms with E-state index < -0.39 is 0 Å². The van der Waals surface area contributed by atoms with Gasteiger partial charge in [-0.3, -0.25) is 9.59 Å². The SMILES string of the molecule is O=C(CCN1CCCN(C(=O)c2ccccc2)CC1)Nc1ccccc1Cl. The predicted molar refractivity (Wildman–Crippen MR) is 108 cm³/mol. The molecular formula is C21H24ClN3O2. The molecule has 1 aliphatic heterocycles. The molecule has 0 bridgehead atoms. The zero-order chi connectivity index (χ0) is 19.1. The summed E-state index contributed by atoms with van der Waals surface area (Å²) in [5, 5.41) is 3.39. The van der Waals surface area contributed by atoms with E-state index in [0.717, 1.165) is 31.6 Å². The van der Waals surface area contributed by atoms with Crippen LogP contribution in [0.4, 0.5) is 5.69 Å². The monoisotopic (exact) mass is 385 g/mol. The van der Waals surface area contributed by atoms with Gasteiger partial charge in [0.2, 0.25) is 5.91 Å².